The number of rotatable bonds is 6. The van der Waals surface area contributed by atoms with E-state index < -0.39 is 11.6 Å². The molecule has 0 aliphatic carbocycles. The third-order valence-corrected chi connectivity index (χ3v) is 3.84. The van der Waals surface area contributed by atoms with E-state index in [4.69, 9.17) is 14.2 Å². The molecule has 1 aromatic carbocycles. The molecule has 0 atom stereocenters. The standard InChI is InChI=1S/C17H17F2N3O3/c1-23-11-6-12(24-2)14(19)15(13(11)18)21-7-9-8-22-17-10(4-5-20-17)16(9)25-3/h4-6,8,21H,7H2,1-3H3,(H,20,22). The van der Waals surface area contributed by atoms with E-state index in [0.717, 1.165) is 11.5 Å². The minimum Gasteiger partial charge on any atom is -0.496 e. The molecule has 2 N–H and O–H groups in total. The Kier molecular flexibility index (Phi) is 4.60. The lowest BCUT2D eigenvalue weighted by Gasteiger charge is -2.15. The second kappa shape index (κ2) is 6.84. The molecule has 0 aliphatic heterocycles. The van der Waals surface area contributed by atoms with Gasteiger partial charge >= 0.3 is 0 Å². The number of H-pyrrole nitrogens is 1. The summed E-state index contributed by atoms with van der Waals surface area (Å²) in [6.07, 6.45) is 3.32. The number of aromatic amines is 1. The highest BCUT2D eigenvalue weighted by Gasteiger charge is 2.20. The first-order chi connectivity index (χ1) is 12.1. The second-order valence-electron chi connectivity index (χ2n) is 5.19. The van der Waals surface area contributed by atoms with Crippen LogP contribution in [-0.2, 0) is 6.54 Å². The van der Waals surface area contributed by atoms with Crippen LogP contribution in [0.15, 0.2) is 24.5 Å². The molecular formula is C17H17F2N3O3. The molecule has 6 nitrogen and oxygen atoms in total. The monoisotopic (exact) mass is 349 g/mol. The number of hydrogen-bond donors (Lipinski definition) is 2. The van der Waals surface area contributed by atoms with Crippen LogP contribution in [0.5, 0.6) is 17.2 Å². The normalized spacial score (nSPS) is 10.8. The van der Waals surface area contributed by atoms with Crippen LogP contribution in [0, 0.1) is 11.6 Å². The van der Waals surface area contributed by atoms with Crippen molar-refractivity contribution in [2.45, 2.75) is 6.54 Å². The Bertz CT molecular complexity index is 884. The quantitative estimate of drug-likeness (QED) is 0.713. The van der Waals surface area contributed by atoms with Gasteiger partial charge in [-0.1, -0.05) is 0 Å². The lowest BCUT2D eigenvalue weighted by atomic mass is 10.2. The summed E-state index contributed by atoms with van der Waals surface area (Å²) < 4.78 is 44.1. The number of halogens is 2. The van der Waals surface area contributed by atoms with E-state index in [9.17, 15) is 8.78 Å². The van der Waals surface area contributed by atoms with Gasteiger partial charge in [0.15, 0.2) is 23.1 Å². The molecule has 8 heteroatoms. The molecule has 0 spiro atoms. The van der Waals surface area contributed by atoms with Gasteiger partial charge in [0.25, 0.3) is 0 Å². The zero-order chi connectivity index (χ0) is 18.0. The van der Waals surface area contributed by atoms with E-state index in [2.05, 4.69) is 15.3 Å². The van der Waals surface area contributed by atoms with Crippen LogP contribution in [0.25, 0.3) is 11.0 Å². The van der Waals surface area contributed by atoms with Crippen molar-refractivity contribution < 1.29 is 23.0 Å². The van der Waals surface area contributed by atoms with Gasteiger partial charge in [-0.05, 0) is 6.07 Å². The van der Waals surface area contributed by atoms with Crippen LogP contribution in [0.3, 0.4) is 0 Å². The third-order valence-electron chi connectivity index (χ3n) is 3.84. The molecule has 132 valence electrons. The predicted molar refractivity (Wildman–Crippen MR) is 89.4 cm³/mol. The first-order valence-electron chi connectivity index (χ1n) is 7.43. The average Bonchev–Trinajstić information content (AvgIpc) is 3.10. The van der Waals surface area contributed by atoms with Crippen LogP contribution in [0.4, 0.5) is 14.5 Å². The van der Waals surface area contributed by atoms with Crippen LogP contribution >= 0.6 is 0 Å². The first kappa shape index (κ1) is 16.8. The molecule has 2 aromatic heterocycles. The smallest absolute Gasteiger partial charge is 0.191 e. The van der Waals surface area contributed by atoms with E-state index >= 15 is 0 Å². The Morgan fingerprint density at radius 3 is 2.36 bits per heavy atom. The number of hydrogen-bond acceptors (Lipinski definition) is 5. The van der Waals surface area contributed by atoms with Gasteiger partial charge in [-0.15, -0.1) is 0 Å². The SMILES string of the molecule is COc1cc(OC)c(F)c(NCc2cnc3[nH]ccc3c2OC)c1F. The summed E-state index contributed by atoms with van der Waals surface area (Å²) in [5.41, 5.74) is 0.976. The maximum Gasteiger partial charge on any atom is 0.191 e. The van der Waals surface area contributed by atoms with E-state index in [-0.39, 0.29) is 23.7 Å². The maximum atomic E-state index is 14.4. The van der Waals surface area contributed by atoms with E-state index in [0.29, 0.717) is 17.0 Å². The molecule has 25 heavy (non-hydrogen) atoms. The Balaban J connectivity index is 1.96. The third kappa shape index (κ3) is 2.90. The molecule has 2 heterocycles. The van der Waals surface area contributed by atoms with Gasteiger partial charge in [-0.25, -0.2) is 13.8 Å². The molecule has 0 fully saturated rings. The number of methoxy groups -OCH3 is 3. The predicted octanol–water partition coefficient (Wildman–Crippen LogP) is 3.48. The molecule has 0 unspecified atom stereocenters. The topological polar surface area (TPSA) is 68.4 Å². The Morgan fingerprint density at radius 1 is 1.08 bits per heavy atom. The Labute approximate surface area is 142 Å². The fourth-order valence-corrected chi connectivity index (χ4v) is 2.62. The van der Waals surface area contributed by atoms with Gasteiger partial charge in [-0.2, -0.15) is 0 Å². The zero-order valence-electron chi connectivity index (χ0n) is 13.9. The fraction of sp³-hybridized carbons (Fsp3) is 0.235. The lowest BCUT2D eigenvalue weighted by molar-refractivity contribution is 0.360. The summed E-state index contributed by atoms with van der Waals surface area (Å²) >= 11 is 0. The Hall–Kier alpha value is -3.03. The molecule has 0 bridgehead atoms. The minimum atomic E-state index is -0.838. The fourth-order valence-electron chi connectivity index (χ4n) is 2.62. The van der Waals surface area contributed by atoms with Gasteiger partial charge in [-0.3, -0.25) is 0 Å². The van der Waals surface area contributed by atoms with Gasteiger partial charge < -0.3 is 24.5 Å². The number of fused-ring (bicyclic) bond motifs is 1. The van der Waals surface area contributed by atoms with Crippen molar-refractivity contribution in [3.63, 3.8) is 0 Å². The summed E-state index contributed by atoms with van der Waals surface area (Å²) in [4.78, 5) is 7.24. The van der Waals surface area contributed by atoms with Crippen molar-refractivity contribution in [3.8, 4) is 17.2 Å². The largest absolute Gasteiger partial charge is 0.496 e. The molecule has 0 saturated heterocycles. The molecule has 0 saturated carbocycles. The number of ether oxygens (including phenoxy) is 3. The average molecular weight is 349 g/mol. The number of nitrogens with zero attached hydrogens (tertiary/aromatic N) is 1. The van der Waals surface area contributed by atoms with Crippen molar-refractivity contribution in [1.29, 1.82) is 0 Å². The zero-order valence-corrected chi connectivity index (χ0v) is 13.9. The summed E-state index contributed by atoms with van der Waals surface area (Å²) in [6, 6.07) is 2.98. The van der Waals surface area contributed by atoms with Gasteiger partial charge in [0.05, 0.1) is 26.7 Å². The summed E-state index contributed by atoms with van der Waals surface area (Å²) in [6.45, 7) is 0.0987. The molecule has 3 rings (SSSR count). The van der Waals surface area contributed by atoms with E-state index in [1.54, 1.807) is 12.4 Å². The van der Waals surface area contributed by atoms with Crippen molar-refractivity contribution in [3.05, 3.63) is 41.7 Å². The number of anilines is 1. The molecule has 0 aliphatic rings. The first-order valence-corrected chi connectivity index (χ1v) is 7.43. The number of aromatic nitrogens is 2. The maximum absolute atomic E-state index is 14.4. The van der Waals surface area contributed by atoms with Gasteiger partial charge in [0.2, 0.25) is 0 Å². The summed E-state index contributed by atoms with van der Waals surface area (Å²) in [7, 11) is 4.12. The van der Waals surface area contributed by atoms with Crippen LogP contribution in [-0.4, -0.2) is 31.3 Å². The minimum absolute atomic E-state index is 0.0987. The van der Waals surface area contributed by atoms with E-state index in [1.165, 1.54) is 21.3 Å². The lowest BCUT2D eigenvalue weighted by Crippen LogP contribution is -2.08. The molecule has 3 aromatic rings. The Morgan fingerprint density at radius 2 is 1.76 bits per heavy atom. The van der Waals surface area contributed by atoms with Crippen LogP contribution in [0.1, 0.15) is 5.56 Å². The number of benzene rings is 1. The van der Waals surface area contributed by atoms with Gasteiger partial charge in [0.1, 0.15) is 17.1 Å². The molecular weight excluding hydrogens is 332 g/mol. The van der Waals surface area contributed by atoms with E-state index in [1.807, 2.05) is 6.07 Å². The molecule has 0 radical (unpaired) electrons. The highest BCUT2D eigenvalue weighted by Crippen LogP contribution is 2.36. The number of pyridine rings is 1. The highest BCUT2D eigenvalue weighted by atomic mass is 19.1. The highest BCUT2D eigenvalue weighted by molar-refractivity contribution is 5.84. The van der Waals surface area contributed by atoms with Crippen molar-refractivity contribution in [2.24, 2.45) is 0 Å². The van der Waals surface area contributed by atoms with Crippen molar-refractivity contribution in [1.82, 2.24) is 9.97 Å². The van der Waals surface area contributed by atoms with Crippen molar-refractivity contribution >= 4 is 16.7 Å². The van der Waals surface area contributed by atoms with Crippen LogP contribution in [0.2, 0.25) is 0 Å². The number of nitrogens with one attached hydrogen (secondary N) is 2. The second-order valence-corrected chi connectivity index (χ2v) is 5.19. The summed E-state index contributed by atoms with van der Waals surface area (Å²) in [5.74, 6) is -1.33. The molecule has 0 amide bonds. The van der Waals surface area contributed by atoms with Crippen molar-refractivity contribution in [2.75, 3.05) is 26.6 Å². The van der Waals surface area contributed by atoms with Crippen LogP contribution < -0.4 is 19.5 Å². The summed E-state index contributed by atoms with van der Waals surface area (Å²) in [5, 5.41) is 3.52. The van der Waals surface area contributed by atoms with Gasteiger partial charge in [0, 0.05) is 30.6 Å².